The van der Waals surface area contributed by atoms with Gasteiger partial charge in [0, 0.05) is 12.1 Å². The maximum atomic E-state index is 12.3. The number of rotatable bonds is 10. The first-order valence-corrected chi connectivity index (χ1v) is 11.3. The molecule has 1 aliphatic rings. The molecule has 6 heteroatoms. The minimum Gasteiger partial charge on any atom is -0.493 e. The summed E-state index contributed by atoms with van der Waals surface area (Å²) in [6.07, 6.45) is 1.99. The van der Waals surface area contributed by atoms with Gasteiger partial charge in [0.1, 0.15) is 32.7 Å². The molecule has 31 heavy (non-hydrogen) atoms. The van der Waals surface area contributed by atoms with E-state index in [1.54, 1.807) is 19.1 Å². The summed E-state index contributed by atoms with van der Waals surface area (Å²) in [4.78, 5) is 15.2. The fourth-order valence-corrected chi connectivity index (χ4v) is 4.25. The second-order valence-electron chi connectivity index (χ2n) is 8.43. The molecule has 168 valence electrons. The van der Waals surface area contributed by atoms with E-state index < -0.39 is 0 Å². The molecule has 3 rings (SSSR count). The van der Waals surface area contributed by atoms with Crippen molar-refractivity contribution in [3.8, 4) is 11.5 Å². The third kappa shape index (κ3) is 6.97. The van der Waals surface area contributed by atoms with Crippen molar-refractivity contribution in [1.82, 2.24) is 5.32 Å². The molecule has 0 radical (unpaired) electrons. The number of carbonyl (C=O) groups excluding carboxylic acids is 1. The van der Waals surface area contributed by atoms with Crippen LogP contribution in [0.15, 0.2) is 42.5 Å². The Morgan fingerprint density at radius 2 is 1.61 bits per heavy atom. The van der Waals surface area contributed by atoms with Gasteiger partial charge in [0.15, 0.2) is 18.0 Å². The van der Waals surface area contributed by atoms with Crippen LogP contribution in [-0.2, 0) is 17.8 Å². The molecule has 1 saturated heterocycles. The summed E-state index contributed by atoms with van der Waals surface area (Å²) in [7, 11) is 3.35. The van der Waals surface area contributed by atoms with E-state index in [0.29, 0.717) is 6.54 Å². The standard InChI is InChI=1S/C25H35N3O3/c1-20-16-23(30-2)24(31-3)17-22(20)18-27-12-14-28(15-13-27)19-25(29)26-11-7-10-21-8-5-4-6-9-21/h4-6,8-9,16-17H,7,10-15,18-19H2,1-3H3,(H,26,29)/p+2. The van der Waals surface area contributed by atoms with Crippen molar-refractivity contribution in [1.29, 1.82) is 0 Å². The average Bonchev–Trinajstić information content (AvgIpc) is 2.79. The molecule has 0 aromatic heterocycles. The van der Waals surface area contributed by atoms with E-state index in [1.807, 2.05) is 6.07 Å². The highest BCUT2D eigenvalue weighted by Gasteiger charge is 2.25. The van der Waals surface area contributed by atoms with E-state index in [2.05, 4.69) is 48.6 Å². The second kappa shape index (κ2) is 11.7. The molecule has 1 fully saturated rings. The molecule has 0 spiro atoms. The van der Waals surface area contributed by atoms with Crippen LogP contribution in [0.25, 0.3) is 0 Å². The van der Waals surface area contributed by atoms with Crippen molar-refractivity contribution in [3.63, 3.8) is 0 Å². The van der Waals surface area contributed by atoms with Gasteiger partial charge in [-0.3, -0.25) is 4.79 Å². The summed E-state index contributed by atoms with van der Waals surface area (Å²) in [5.74, 6) is 1.74. The van der Waals surface area contributed by atoms with Crippen LogP contribution in [0.4, 0.5) is 0 Å². The number of carbonyl (C=O) groups is 1. The van der Waals surface area contributed by atoms with E-state index in [9.17, 15) is 4.79 Å². The Kier molecular flexibility index (Phi) is 8.74. The highest BCUT2D eigenvalue weighted by Crippen LogP contribution is 2.29. The number of piperazine rings is 1. The van der Waals surface area contributed by atoms with Crippen LogP contribution in [0.5, 0.6) is 11.5 Å². The molecule has 0 saturated carbocycles. The fraction of sp³-hybridized carbons (Fsp3) is 0.480. The number of ether oxygens (including phenoxy) is 2. The zero-order valence-corrected chi connectivity index (χ0v) is 19.1. The first-order valence-electron chi connectivity index (χ1n) is 11.3. The van der Waals surface area contributed by atoms with Crippen molar-refractivity contribution in [2.45, 2.75) is 26.3 Å². The van der Waals surface area contributed by atoms with Gasteiger partial charge in [0.2, 0.25) is 0 Å². The smallest absolute Gasteiger partial charge is 0.275 e. The van der Waals surface area contributed by atoms with E-state index in [4.69, 9.17) is 9.47 Å². The van der Waals surface area contributed by atoms with E-state index in [0.717, 1.165) is 63.6 Å². The molecule has 1 amide bonds. The molecule has 0 unspecified atom stereocenters. The lowest BCUT2D eigenvalue weighted by Gasteiger charge is -2.29. The van der Waals surface area contributed by atoms with Crippen LogP contribution in [0.1, 0.15) is 23.1 Å². The fourth-order valence-electron chi connectivity index (χ4n) is 4.25. The Hall–Kier alpha value is -2.57. The van der Waals surface area contributed by atoms with Gasteiger partial charge in [-0.25, -0.2) is 0 Å². The topological polar surface area (TPSA) is 56.4 Å². The number of amides is 1. The molecule has 0 aliphatic carbocycles. The minimum absolute atomic E-state index is 0.169. The van der Waals surface area contributed by atoms with Gasteiger partial charge in [-0.1, -0.05) is 30.3 Å². The van der Waals surface area contributed by atoms with Gasteiger partial charge in [-0.15, -0.1) is 0 Å². The van der Waals surface area contributed by atoms with Crippen LogP contribution < -0.4 is 24.6 Å². The maximum absolute atomic E-state index is 12.3. The van der Waals surface area contributed by atoms with Crippen molar-refractivity contribution >= 4 is 5.91 Å². The molecule has 0 bridgehead atoms. The Morgan fingerprint density at radius 3 is 2.29 bits per heavy atom. The Bertz CT molecular complexity index is 833. The number of nitrogens with one attached hydrogen (secondary N) is 3. The van der Waals surface area contributed by atoms with Gasteiger partial charge in [0.25, 0.3) is 5.91 Å². The minimum atomic E-state index is 0.169. The predicted octanol–water partition coefficient (Wildman–Crippen LogP) is 0.0446. The molecular formula is C25H37N3O3+2. The second-order valence-corrected chi connectivity index (χ2v) is 8.43. The Morgan fingerprint density at radius 1 is 0.968 bits per heavy atom. The van der Waals surface area contributed by atoms with Gasteiger partial charge in [-0.05, 0) is 43.0 Å². The monoisotopic (exact) mass is 427 g/mol. The summed E-state index contributed by atoms with van der Waals surface area (Å²) in [5, 5.41) is 3.09. The number of aryl methyl sites for hydroxylation is 2. The molecule has 3 N–H and O–H groups in total. The van der Waals surface area contributed by atoms with E-state index >= 15 is 0 Å². The average molecular weight is 428 g/mol. The Balaban J connectivity index is 1.37. The highest BCUT2D eigenvalue weighted by atomic mass is 16.5. The lowest BCUT2D eigenvalue weighted by molar-refractivity contribution is -1.02. The third-order valence-corrected chi connectivity index (χ3v) is 6.16. The predicted molar refractivity (Wildman–Crippen MR) is 122 cm³/mol. The zero-order chi connectivity index (χ0) is 22.1. The Labute approximate surface area is 186 Å². The molecule has 2 aromatic rings. The van der Waals surface area contributed by atoms with Gasteiger partial charge < -0.3 is 24.6 Å². The van der Waals surface area contributed by atoms with Crippen molar-refractivity contribution in [2.75, 3.05) is 53.5 Å². The van der Waals surface area contributed by atoms with Gasteiger partial charge in [0.05, 0.1) is 14.2 Å². The number of quaternary nitrogens is 2. The van der Waals surface area contributed by atoms with E-state index in [-0.39, 0.29) is 5.91 Å². The van der Waals surface area contributed by atoms with Crippen LogP contribution in [-0.4, -0.2) is 59.4 Å². The lowest BCUT2D eigenvalue weighted by Crippen LogP contribution is -3.28. The lowest BCUT2D eigenvalue weighted by atomic mass is 10.1. The van der Waals surface area contributed by atoms with Crippen molar-refractivity contribution < 1.29 is 24.1 Å². The molecule has 1 heterocycles. The molecule has 1 aliphatic heterocycles. The van der Waals surface area contributed by atoms with Gasteiger partial charge in [-0.2, -0.15) is 0 Å². The number of benzene rings is 2. The van der Waals surface area contributed by atoms with E-state index in [1.165, 1.54) is 21.6 Å². The van der Waals surface area contributed by atoms with Crippen LogP contribution in [0, 0.1) is 6.92 Å². The summed E-state index contributed by atoms with van der Waals surface area (Å²) in [6, 6.07) is 14.6. The third-order valence-electron chi connectivity index (χ3n) is 6.16. The number of hydrogen-bond acceptors (Lipinski definition) is 3. The maximum Gasteiger partial charge on any atom is 0.275 e. The quantitative estimate of drug-likeness (QED) is 0.470. The number of hydrogen-bond donors (Lipinski definition) is 3. The largest absolute Gasteiger partial charge is 0.493 e. The summed E-state index contributed by atoms with van der Waals surface area (Å²) in [5.41, 5.74) is 3.85. The van der Waals surface area contributed by atoms with Crippen molar-refractivity contribution in [3.05, 3.63) is 59.2 Å². The SMILES string of the molecule is COc1cc(C)c(C[NH+]2CC[NH+](CC(=O)NCCCc3ccccc3)CC2)cc1OC. The van der Waals surface area contributed by atoms with Crippen LogP contribution in [0.3, 0.4) is 0 Å². The zero-order valence-electron chi connectivity index (χ0n) is 19.1. The highest BCUT2D eigenvalue weighted by molar-refractivity contribution is 5.76. The normalized spacial score (nSPS) is 18.4. The molecule has 0 atom stereocenters. The summed E-state index contributed by atoms with van der Waals surface area (Å²) < 4.78 is 10.9. The van der Waals surface area contributed by atoms with Crippen molar-refractivity contribution in [2.24, 2.45) is 0 Å². The molecular weight excluding hydrogens is 390 g/mol. The number of methoxy groups -OCH3 is 2. The molecule has 6 nitrogen and oxygen atoms in total. The van der Waals surface area contributed by atoms with Crippen LogP contribution >= 0.6 is 0 Å². The van der Waals surface area contributed by atoms with Crippen LogP contribution in [0.2, 0.25) is 0 Å². The van der Waals surface area contributed by atoms with Gasteiger partial charge >= 0.3 is 0 Å². The first kappa shape index (κ1) is 23.1. The molecule has 2 aromatic carbocycles. The first-order chi connectivity index (χ1) is 15.1. The summed E-state index contributed by atoms with van der Waals surface area (Å²) in [6.45, 7) is 8.63. The summed E-state index contributed by atoms with van der Waals surface area (Å²) >= 11 is 0.